The Morgan fingerprint density at radius 1 is 1.09 bits per heavy atom. The maximum Gasteiger partial charge on any atom is 0.328 e. The number of thioether (sulfide) groups is 1. The van der Waals surface area contributed by atoms with E-state index in [4.69, 9.17) is 14.5 Å². The molecule has 9 heteroatoms. The highest BCUT2D eigenvalue weighted by Gasteiger charge is 2.50. The summed E-state index contributed by atoms with van der Waals surface area (Å²) in [6.07, 6.45) is -0.0157. The molecular formula is C26H28N2O5S2. The second-order valence-corrected chi connectivity index (χ2v) is 11.9. The Morgan fingerprint density at radius 2 is 1.77 bits per heavy atom. The number of hydrogen-bond acceptors (Lipinski definition) is 8. The number of fused-ring (bicyclic) bond motifs is 1. The van der Waals surface area contributed by atoms with E-state index in [9.17, 15) is 14.4 Å². The number of likely N-dealkylation sites (tertiary alicyclic amines) is 1. The fraction of sp³-hybridized carbons (Fsp3) is 0.385. The van der Waals surface area contributed by atoms with Crippen molar-refractivity contribution >= 4 is 51.2 Å². The molecule has 7 nitrogen and oxygen atoms in total. The molecule has 1 saturated heterocycles. The largest absolute Gasteiger partial charge is 0.467 e. The molecule has 0 unspecified atom stereocenters. The minimum absolute atomic E-state index is 0.0157. The molecule has 1 aromatic heterocycles. The van der Waals surface area contributed by atoms with Crippen LogP contribution in [0.4, 0.5) is 0 Å². The molecule has 3 aromatic rings. The Bertz CT molecular complexity index is 1190. The van der Waals surface area contributed by atoms with Gasteiger partial charge in [0.1, 0.15) is 11.6 Å². The van der Waals surface area contributed by atoms with Crippen molar-refractivity contribution in [2.75, 3.05) is 13.7 Å². The van der Waals surface area contributed by atoms with E-state index in [-0.39, 0.29) is 24.1 Å². The van der Waals surface area contributed by atoms with Crippen molar-refractivity contribution in [1.29, 1.82) is 0 Å². The average molecular weight is 513 g/mol. The number of esters is 2. The van der Waals surface area contributed by atoms with Gasteiger partial charge >= 0.3 is 11.9 Å². The van der Waals surface area contributed by atoms with Crippen molar-refractivity contribution in [3.05, 3.63) is 60.2 Å². The molecule has 0 aliphatic carbocycles. The molecule has 2 heterocycles. The van der Waals surface area contributed by atoms with Crippen LogP contribution in [0, 0.1) is 5.92 Å². The van der Waals surface area contributed by atoms with Crippen LogP contribution in [0.1, 0.15) is 37.6 Å². The Kier molecular flexibility index (Phi) is 7.47. The van der Waals surface area contributed by atoms with Gasteiger partial charge in [-0.05, 0) is 45.0 Å². The van der Waals surface area contributed by atoms with Gasteiger partial charge in [0.2, 0.25) is 0 Å². The zero-order chi connectivity index (χ0) is 25.2. The lowest BCUT2D eigenvalue weighted by Crippen LogP contribution is -2.44. The van der Waals surface area contributed by atoms with Crippen LogP contribution in [0.2, 0.25) is 0 Å². The summed E-state index contributed by atoms with van der Waals surface area (Å²) in [6, 6.07) is 15.8. The normalized spacial score (nSPS) is 20.1. The third-order valence-corrected chi connectivity index (χ3v) is 8.13. The number of ether oxygens (including phenoxy) is 2. The molecule has 0 radical (unpaired) electrons. The highest BCUT2D eigenvalue weighted by molar-refractivity contribution is 8.01. The summed E-state index contributed by atoms with van der Waals surface area (Å²) >= 11 is 3.04. The Balaban J connectivity index is 1.68. The SMILES string of the molecule is COC(=O)[C@@H]1[C@@H](CC(=O)OC(C)(C)C)[C@@H](Sc2nc3ccccc3s2)CN1C(=O)c1ccccc1. The first-order valence-electron chi connectivity index (χ1n) is 11.3. The fourth-order valence-electron chi connectivity index (χ4n) is 4.23. The summed E-state index contributed by atoms with van der Waals surface area (Å²) < 4.78 is 12.6. The molecule has 35 heavy (non-hydrogen) atoms. The van der Waals surface area contributed by atoms with Crippen molar-refractivity contribution in [1.82, 2.24) is 9.88 Å². The van der Waals surface area contributed by atoms with Crippen LogP contribution in [0.5, 0.6) is 0 Å². The summed E-state index contributed by atoms with van der Waals surface area (Å²) in [6.45, 7) is 5.68. The standard InChI is InChI=1S/C26H28N2O5S2/c1-26(2,3)33-21(29)14-17-20(35-25-27-18-12-8-9-13-19(18)34-25)15-28(22(17)24(31)32-4)23(30)16-10-6-5-7-11-16/h5-13,17,20,22H,14-15H2,1-4H3/t17-,20-,22-/m0/s1. The number of thiazole rings is 1. The van der Waals surface area contributed by atoms with Crippen LogP contribution in [-0.4, -0.2) is 58.3 Å². The number of benzene rings is 2. The summed E-state index contributed by atoms with van der Waals surface area (Å²) in [5.74, 6) is -1.74. The van der Waals surface area contributed by atoms with Gasteiger partial charge in [-0.2, -0.15) is 0 Å². The number of amides is 1. The van der Waals surface area contributed by atoms with Gasteiger partial charge in [-0.15, -0.1) is 11.3 Å². The van der Waals surface area contributed by atoms with Crippen LogP contribution < -0.4 is 0 Å². The van der Waals surface area contributed by atoms with E-state index in [1.807, 2.05) is 30.3 Å². The molecule has 0 N–H and O–H groups in total. The molecule has 0 spiro atoms. The van der Waals surface area contributed by atoms with Crippen LogP contribution in [0.25, 0.3) is 10.2 Å². The number of carbonyl (C=O) groups is 3. The minimum atomic E-state index is -0.910. The molecule has 1 amide bonds. The first-order valence-corrected chi connectivity index (χ1v) is 13.0. The Hall–Kier alpha value is -2.91. The maximum absolute atomic E-state index is 13.5. The zero-order valence-electron chi connectivity index (χ0n) is 20.1. The topological polar surface area (TPSA) is 85.8 Å². The molecule has 0 saturated carbocycles. The second-order valence-electron chi connectivity index (χ2n) is 9.35. The van der Waals surface area contributed by atoms with Gasteiger partial charge in [0.25, 0.3) is 5.91 Å². The van der Waals surface area contributed by atoms with Crippen molar-refractivity contribution in [2.45, 2.75) is 48.4 Å². The minimum Gasteiger partial charge on any atom is -0.467 e. The van der Waals surface area contributed by atoms with Gasteiger partial charge in [0.15, 0.2) is 4.34 Å². The lowest BCUT2D eigenvalue weighted by Gasteiger charge is -2.27. The highest BCUT2D eigenvalue weighted by Crippen LogP contribution is 2.42. The van der Waals surface area contributed by atoms with Crippen molar-refractivity contribution in [3.63, 3.8) is 0 Å². The van der Waals surface area contributed by atoms with Crippen molar-refractivity contribution in [2.24, 2.45) is 5.92 Å². The molecule has 3 atom stereocenters. The van der Waals surface area contributed by atoms with Gasteiger partial charge in [0, 0.05) is 23.3 Å². The maximum atomic E-state index is 13.5. The number of aromatic nitrogens is 1. The number of para-hydroxylation sites is 1. The van der Waals surface area contributed by atoms with Gasteiger partial charge in [-0.3, -0.25) is 9.59 Å². The number of methoxy groups -OCH3 is 1. The van der Waals surface area contributed by atoms with Gasteiger partial charge < -0.3 is 14.4 Å². The number of carbonyl (C=O) groups excluding carboxylic acids is 3. The summed E-state index contributed by atoms with van der Waals surface area (Å²) in [4.78, 5) is 45.5. The lowest BCUT2D eigenvalue weighted by molar-refractivity contribution is -0.157. The van der Waals surface area contributed by atoms with E-state index in [1.54, 1.807) is 56.4 Å². The average Bonchev–Trinajstić information content (AvgIpc) is 3.38. The molecule has 1 aliphatic heterocycles. The first kappa shape index (κ1) is 25.2. The first-order chi connectivity index (χ1) is 16.7. The number of nitrogens with zero attached hydrogens (tertiary/aromatic N) is 2. The molecule has 184 valence electrons. The van der Waals surface area contributed by atoms with E-state index < -0.39 is 29.5 Å². The Morgan fingerprint density at radius 3 is 2.43 bits per heavy atom. The molecule has 0 bridgehead atoms. The predicted molar refractivity (Wildman–Crippen MR) is 136 cm³/mol. The van der Waals surface area contributed by atoms with Crippen molar-refractivity contribution in [3.8, 4) is 0 Å². The van der Waals surface area contributed by atoms with Gasteiger partial charge in [0.05, 0.1) is 23.7 Å². The monoisotopic (exact) mass is 512 g/mol. The van der Waals surface area contributed by atoms with Crippen molar-refractivity contribution < 1.29 is 23.9 Å². The van der Waals surface area contributed by atoms with E-state index in [0.717, 1.165) is 14.6 Å². The van der Waals surface area contributed by atoms with E-state index in [0.29, 0.717) is 5.56 Å². The third-order valence-electron chi connectivity index (χ3n) is 5.67. The molecule has 2 aromatic carbocycles. The molecular weight excluding hydrogens is 484 g/mol. The zero-order valence-corrected chi connectivity index (χ0v) is 21.7. The highest BCUT2D eigenvalue weighted by atomic mass is 32.2. The molecule has 1 fully saturated rings. The van der Waals surface area contributed by atoms with E-state index >= 15 is 0 Å². The lowest BCUT2D eigenvalue weighted by atomic mass is 9.95. The van der Waals surface area contributed by atoms with Crippen LogP contribution in [0.3, 0.4) is 0 Å². The number of rotatable bonds is 6. The molecule has 1 aliphatic rings. The Labute approximate surface area is 212 Å². The van der Waals surface area contributed by atoms with Gasteiger partial charge in [-0.1, -0.05) is 42.1 Å². The van der Waals surface area contributed by atoms with E-state index in [1.165, 1.54) is 23.8 Å². The van der Waals surface area contributed by atoms with E-state index in [2.05, 4.69) is 0 Å². The van der Waals surface area contributed by atoms with Crippen LogP contribution in [-0.2, 0) is 19.1 Å². The predicted octanol–water partition coefficient (Wildman–Crippen LogP) is 4.80. The fourth-order valence-corrected chi connectivity index (χ4v) is 6.82. The summed E-state index contributed by atoms with van der Waals surface area (Å²) in [7, 11) is 1.30. The summed E-state index contributed by atoms with van der Waals surface area (Å²) in [5, 5.41) is -0.250. The summed E-state index contributed by atoms with van der Waals surface area (Å²) in [5.41, 5.74) is 0.706. The number of hydrogen-bond donors (Lipinski definition) is 0. The van der Waals surface area contributed by atoms with Gasteiger partial charge in [-0.25, -0.2) is 9.78 Å². The quantitative estimate of drug-likeness (QED) is 0.439. The second kappa shape index (κ2) is 10.4. The van der Waals surface area contributed by atoms with Crippen LogP contribution >= 0.6 is 23.1 Å². The third kappa shape index (κ3) is 5.85. The molecule has 4 rings (SSSR count). The van der Waals surface area contributed by atoms with Crippen LogP contribution in [0.15, 0.2) is 58.9 Å². The smallest absolute Gasteiger partial charge is 0.328 e.